The van der Waals surface area contributed by atoms with E-state index in [1.165, 1.54) is 11.1 Å². The van der Waals surface area contributed by atoms with Crippen LogP contribution in [0.1, 0.15) is 43.7 Å². The Morgan fingerprint density at radius 1 is 0.955 bits per heavy atom. The van der Waals surface area contributed by atoms with Crippen LogP contribution in [0.2, 0.25) is 0 Å². The molecule has 0 radical (unpaired) electrons. The minimum absolute atomic E-state index is 0.0659. The number of aldehydes is 1. The quantitative estimate of drug-likeness (QED) is 0.494. The molecule has 0 fully saturated rings. The van der Waals surface area contributed by atoms with Crippen molar-refractivity contribution in [2.45, 2.75) is 32.6 Å². The number of hydrogen-bond acceptors (Lipinski definition) is 1. The van der Waals surface area contributed by atoms with E-state index in [1.807, 2.05) is 12.1 Å². The fourth-order valence-electron chi connectivity index (χ4n) is 2.58. The Kier molecular flexibility index (Phi) is 5.71. The van der Waals surface area contributed by atoms with Crippen LogP contribution in [0.4, 0.5) is 0 Å². The molecule has 0 aliphatic heterocycles. The first-order valence-electron chi connectivity index (χ1n) is 7.91. The van der Waals surface area contributed by atoms with Gasteiger partial charge in [-0.05, 0) is 23.0 Å². The Bertz CT molecular complexity index is 561. The monoisotopic (exact) mass is 292 g/mol. The zero-order valence-corrected chi connectivity index (χ0v) is 13.4. The summed E-state index contributed by atoms with van der Waals surface area (Å²) in [6.07, 6.45) is 7.01. The Hall–Kier alpha value is -2.15. The molecule has 1 atom stereocenters. The molecule has 2 aromatic rings. The molecule has 0 heterocycles. The summed E-state index contributed by atoms with van der Waals surface area (Å²) in [5.41, 5.74) is 2.48. The lowest BCUT2D eigenvalue weighted by atomic mass is 9.81. The molecule has 114 valence electrons. The van der Waals surface area contributed by atoms with Crippen LogP contribution in [0.25, 0.3) is 0 Å². The number of rotatable bonds is 7. The number of benzene rings is 2. The van der Waals surface area contributed by atoms with Gasteiger partial charge in [-0.25, -0.2) is 0 Å². The molecule has 0 unspecified atom stereocenters. The van der Waals surface area contributed by atoms with Crippen LogP contribution < -0.4 is 0 Å². The summed E-state index contributed by atoms with van der Waals surface area (Å²) >= 11 is 0. The van der Waals surface area contributed by atoms with Gasteiger partial charge in [-0.15, -0.1) is 0 Å². The van der Waals surface area contributed by atoms with Gasteiger partial charge in [-0.2, -0.15) is 0 Å². The molecule has 0 bridgehead atoms. The molecule has 0 saturated carbocycles. The molecule has 0 N–H and O–H groups in total. The van der Waals surface area contributed by atoms with E-state index in [4.69, 9.17) is 0 Å². The van der Waals surface area contributed by atoms with Gasteiger partial charge in [0, 0.05) is 12.3 Å². The van der Waals surface area contributed by atoms with Gasteiger partial charge in [-0.3, -0.25) is 0 Å². The molecule has 0 saturated heterocycles. The second kappa shape index (κ2) is 7.74. The van der Waals surface area contributed by atoms with Crippen molar-refractivity contribution in [2.24, 2.45) is 5.41 Å². The highest BCUT2D eigenvalue weighted by molar-refractivity contribution is 5.51. The summed E-state index contributed by atoms with van der Waals surface area (Å²) < 4.78 is 0. The third kappa shape index (κ3) is 4.17. The van der Waals surface area contributed by atoms with E-state index in [9.17, 15) is 4.79 Å². The Labute approximate surface area is 133 Å². The van der Waals surface area contributed by atoms with Crippen LogP contribution in [-0.4, -0.2) is 6.29 Å². The van der Waals surface area contributed by atoms with Crippen LogP contribution in [0.15, 0.2) is 72.8 Å². The molecule has 1 heteroatoms. The maximum absolute atomic E-state index is 10.9. The Morgan fingerprint density at radius 2 is 1.45 bits per heavy atom. The molecule has 0 aliphatic rings. The fourth-order valence-corrected chi connectivity index (χ4v) is 2.58. The lowest BCUT2D eigenvalue weighted by molar-refractivity contribution is -0.109. The lowest BCUT2D eigenvalue weighted by Gasteiger charge is -2.23. The largest absolute Gasteiger partial charge is 0.303 e. The fraction of sp³-hybridized carbons (Fsp3) is 0.286. The summed E-state index contributed by atoms with van der Waals surface area (Å²) in [5.74, 6) is 0.222. The molecular formula is C21H24O. The predicted molar refractivity (Wildman–Crippen MR) is 92.9 cm³/mol. The number of carbonyl (C=O) groups excluding carboxylic acids is 1. The number of allylic oxidation sites excluding steroid dienone is 2. The first kappa shape index (κ1) is 16.2. The molecule has 0 aliphatic carbocycles. The third-order valence-electron chi connectivity index (χ3n) is 4.37. The second-order valence-corrected chi connectivity index (χ2v) is 6.04. The molecule has 2 aromatic carbocycles. The molecule has 0 aromatic heterocycles. The van der Waals surface area contributed by atoms with Gasteiger partial charge in [0.2, 0.25) is 0 Å². The summed E-state index contributed by atoms with van der Waals surface area (Å²) in [5, 5.41) is 0. The average molecular weight is 292 g/mol. The van der Waals surface area contributed by atoms with Crippen LogP contribution in [0.5, 0.6) is 0 Å². The highest BCUT2D eigenvalue weighted by Crippen LogP contribution is 2.31. The molecular weight excluding hydrogens is 268 g/mol. The van der Waals surface area contributed by atoms with E-state index >= 15 is 0 Å². The summed E-state index contributed by atoms with van der Waals surface area (Å²) in [7, 11) is 0. The molecule has 2 rings (SSSR count). The van der Waals surface area contributed by atoms with E-state index in [2.05, 4.69) is 74.5 Å². The van der Waals surface area contributed by atoms with Crippen molar-refractivity contribution in [3.63, 3.8) is 0 Å². The summed E-state index contributed by atoms with van der Waals surface area (Å²) in [4.78, 5) is 10.9. The second-order valence-electron chi connectivity index (χ2n) is 6.04. The van der Waals surface area contributed by atoms with Crippen molar-refractivity contribution >= 4 is 6.29 Å². The normalized spacial score (nSPS) is 14.1. The highest BCUT2D eigenvalue weighted by Gasteiger charge is 2.19. The first-order valence-corrected chi connectivity index (χ1v) is 7.91. The summed E-state index contributed by atoms with van der Waals surface area (Å²) in [6, 6.07) is 21.0. The summed E-state index contributed by atoms with van der Waals surface area (Å²) in [6.45, 7) is 4.28. The van der Waals surface area contributed by atoms with E-state index in [-0.39, 0.29) is 11.3 Å². The van der Waals surface area contributed by atoms with Crippen molar-refractivity contribution in [3.05, 3.63) is 83.9 Å². The van der Waals surface area contributed by atoms with Gasteiger partial charge in [0.25, 0.3) is 0 Å². The molecule has 0 amide bonds. The van der Waals surface area contributed by atoms with Crippen molar-refractivity contribution < 1.29 is 4.79 Å². The minimum atomic E-state index is -0.0659. The van der Waals surface area contributed by atoms with E-state index in [0.717, 1.165) is 12.7 Å². The minimum Gasteiger partial charge on any atom is -0.303 e. The van der Waals surface area contributed by atoms with Gasteiger partial charge in [-0.1, -0.05) is 86.7 Å². The van der Waals surface area contributed by atoms with Crippen LogP contribution in [0.3, 0.4) is 0 Å². The van der Waals surface area contributed by atoms with Crippen molar-refractivity contribution in [3.8, 4) is 0 Å². The maximum atomic E-state index is 10.9. The molecule has 1 nitrogen and oxygen atoms in total. The van der Waals surface area contributed by atoms with Crippen molar-refractivity contribution in [1.29, 1.82) is 0 Å². The molecule has 22 heavy (non-hydrogen) atoms. The van der Waals surface area contributed by atoms with Crippen molar-refractivity contribution in [1.82, 2.24) is 0 Å². The zero-order chi connectivity index (χ0) is 15.8. The predicted octanol–water partition coefficient (Wildman–Crippen LogP) is 5.38. The van der Waals surface area contributed by atoms with Gasteiger partial charge in [0.1, 0.15) is 6.29 Å². The maximum Gasteiger partial charge on any atom is 0.120 e. The van der Waals surface area contributed by atoms with Crippen LogP contribution in [-0.2, 0) is 4.79 Å². The molecule has 0 spiro atoms. The highest BCUT2D eigenvalue weighted by atomic mass is 16.1. The SMILES string of the molecule is CC[C@](C)(/C=C/C(c1ccccc1)c1ccccc1)CC=O. The Balaban J connectivity index is 2.36. The topological polar surface area (TPSA) is 17.1 Å². The first-order chi connectivity index (χ1) is 10.7. The Morgan fingerprint density at radius 3 is 1.86 bits per heavy atom. The van der Waals surface area contributed by atoms with Gasteiger partial charge < -0.3 is 4.79 Å². The lowest BCUT2D eigenvalue weighted by Crippen LogP contribution is -2.13. The number of carbonyl (C=O) groups is 1. The number of hydrogen-bond donors (Lipinski definition) is 0. The van der Waals surface area contributed by atoms with Gasteiger partial charge in [0.05, 0.1) is 0 Å². The standard InChI is InChI=1S/C21H24O/c1-3-21(2,16-17-22)15-14-20(18-10-6-4-7-11-18)19-12-8-5-9-13-19/h4-15,17,20H,3,16H2,1-2H3/b15-14+/t21-/m1/s1. The smallest absolute Gasteiger partial charge is 0.120 e. The van der Waals surface area contributed by atoms with E-state index < -0.39 is 0 Å². The van der Waals surface area contributed by atoms with Crippen LogP contribution in [0, 0.1) is 5.41 Å². The van der Waals surface area contributed by atoms with E-state index in [0.29, 0.717) is 6.42 Å². The van der Waals surface area contributed by atoms with Crippen molar-refractivity contribution in [2.75, 3.05) is 0 Å². The third-order valence-corrected chi connectivity index (χ3v) is 4.37. The van der Waals surface area contributed by atoms with E-state index in [1.54, 1.807) is 0 Å². The van der Waals surface area contributed by atoms with Crippen LogP contribution >= 0.6 is 0 Å². The average Bonchev–Trinajstić information content (AvgIpc) is 2.57. The van der Waals surface area contributed by atoms with Gasteiger partial charge in [0.15, 0.2) is 0 Å². The zero-order valence-electron chi connectivity index (χ0n) is 13.4. The van der Waals surface area contributed by atoms with Gasteiger partial charge >= 0.3 is 0 Å².